The third-order valence-electron chi connectivity index (χ3n) is 2.75. The number of aryl methyl sites for hydroxylation is 1. The summed E-state index contributed by atoms with van der Waals surface area (Å²) in [7, 11) is 0. The van der Waals surface area contributed by atoms with Crippen LogP contribution in [0.15, 0.2) is 35.0 Å². The van der Waals surface area contributed by atoms with Gasteiger partial charge in [-0.05, 0) is 52.6 Å². The smallest absolute Gasteiger partial charge is 0.384 e. The maximum atomic E-state index is 12.5. The van der Waals surface area contributed by atoms with E-state index in [0.717, 1.165) is 12.1 Å². The highest BCUT2D eigenvalue weighted by molar-refractivity contribution is 7.07. The highest BCUT2D eigenvalue weighted by atomic mass is 32.1. The van der Waals surface area contributed by atoms with E-state index in [4.69, 9.17) is 0 Å². The van der Waals surface area contributed by atoms with Crippen LogP contribution in [0.2, 0.25) is 0 Å². The second-order valence-corrected chi connectivity index (χ2v) is 4.81. The van der Waals surface area contributed by atoms with Crippen molar-refractivity contribution in [2.75, 3.05) is 0 Å². The Bertz CT molecular complexity index is 532. The van der Waals surface area contributed by atoms with Crippen molar-refractivity contribution in [2.45, 2.75) is 19.2 Å². The van der Waals surface area contributed by atoms with Gasteiger partial charge >= 0.3 is 6.18 Å². The molecule has 0 saturated carbocycles. The van der Waals surface area contributed by atoms with E-state index in [2.05, 4.69) is 0 Å². The molecule has 1 N–H and O–H groups in total. The topological polar surface area (TPSA) is 20.2 Å². The lowest BCUT2D eigenvalue weighted by Crippen LogP contribution is -2.07. The molecule has 1 nitrogen and oxygen atoms in total. The zero-order valence-corrected chi connectivity index (χ0v) is 10.3. The summed E-state index contributed by atoms with van der Waals surface area (Å²) in [5.41, 5.74) is 0.939. The molecule has 1 atom stereocenters. The molecule has 0 radical (unpaired) electrons. The number of aliphatic hydroxyl groups excluding tert-OH is 1. The van der Waals surface area contributed by atoms with Crippen molar-refractivity contribution in [1.82, 2.24) is 0 Å². The first-order valence-electron chi connectivity index (χ1n) is 5.27. The third-order valence-corrected chi connectivity index (χ3v) is 3.45. The van der Waals surface area contributed by atoms with E-state index >= 15 is 0 Å². The number of hydrogen-bond donors (Lipinski definition) is 1. The molecule has 1 heterocycles. The largest absolute Gasteiger partial charge is 0.416 e. The first-order valence-corrected chi connectivity index (χ1v) is 6.22. The number of benzene rings is 1. The Balaban J connectivity index is 2.36. The monoisotopic (exact) mass is 272 g/mol. The Morgan fingerprint density at radius 2 is 1.94 bits per heavy atom. The molecule has 0 amide bonds. The number of rotatable bonds is 2. The number of hydrogen-bond acceptors (Lipinski definition) is 2. The van der Waals surface area contributed by atoms with Crippen LogP contribution in [-0.2, 0) is 6.18 Å². The van der Waals surface area contributed by atoms with Crippen LogP contribution in [0.25, 0.3) is 0 Å². The molecule has 2 aromatic rings. The molecule has 0 spiro atoms. The van der Waals surface area contributed by atoms with Gasteiger partial charge < -0.3 is 5.11 Å². The van der Waals surface area contributed by atoms with Gasteiger partial charge in [0.25, 0.3) is 0 Å². The van der Waals surface area contributed by atoms with Crippen LogP contribution in [0.5, 0.6) is 0 Å². The summed E-state index contributed by atoms with van der Waals surface area (Å²) in [6, 6.07) is 5.15. The normalized spacial score (nSPS) is 13.6. The van der Waals surface area contributed by atoms with Gasteiger partial charge in [-0.3, -0.25) is 0 Å². The maximum absolute atomic E-state index is 12.5. The molecular formula is C13H11F3OS. The lowest BCUT2D eigenvalue weighted by molar-refractivity contribution is -0.137. The molecule has 1 aromatic heterocycles. The fourth-order valence-corrected chi connectivity index (χ4v) is 2.45. The lowest BCUT2D eigenvalue weighted by atomic mass is 9.97. The van der Waals surface area contributed by atoms with Crippen molar-refractivity contribution < 1.29 is 18.3 Å². The van der Waals surface area contributed by atoms with E-state index in [-0.39, 0.29) is 0 Å². The van der Waals surface area contributed by atoms with Crippen molar-refractivity contribution in [3.05, 3.63) is 57.3 Å². The Labute approximate surface area is 107 Å². The van der Waals surface area contributed by atoms with Crippen LogP contribution < -0.4 is 0 Å². The van der Waals surface area contributed by atoms with Gasteiger partial charge in [0.05, 0.1) is 5.56 Å². The molecule has 0 bridgehead atoms. The summed E-state index contributed by atoms with van der Waals surface area (Å²) in [5, 5.41) is 13.7. The molecular weight excluding hydrogens is 261 g/mol. The van der Waals surface area contributed by atoms with E-state index in [1.165, 1.54) is 17.4 Å². The van der Waals surface area contributed by atoms with E-state index in [1.807, 2.05) is 5.38 Å². The average Bonchev–Trinajstić information content (AvgIpc) is 2.80. The van der Waals surface area contributed by atoms with Gasteiger partial charge in [-0.1, -0.05) is 6.07 Å². The van der Waals surface area contributed by atoms with Crippen LogP contribution >= 0.6 is 11.3 Å². The molecule has 0 aliphatic rings. The quantitative estimate of drug-likeness (QED) is 0.870. The lowest BCUT2D eigenvalue weighted by Gasteiger charge is -2.15. The van der Waals surface area contributed by atoms with E-state index in [0.29, 0.717) is 16.7 Å². The average molecular weight is 272 g/mol. The van der Waals surface area contributed by atoms with Gasteiger partial charge in [0.2, 0.25) is 0 Å². The predicted octanol–water partition coefficient (Wildman–Crippen LogP) is 4.16. The fraction of sp³-hybridized carbons (Fsp3) is 0.231. The van der Waals surface area contributed by atoms with Gasteiger partial charge in [0.15, 0.2) is 0 Å². The van der Waals surface area contributed by atoms with Crippen molar-refractivity contribution >= 4 is 11.3 Å². The maximum Gasteiger partial charge on any atom is 0.416 e. The highest BCUT2D eigenvalue weighted by Crippen LogP contribution is 2.33. The van der Waals surface area contributed by atoms with Crippen molar-refractivity contribution in [3.63, 3.8) is 0 Å². The third kappa shape index (κ3) is 2.57. The first-order chi connectivity index (χ1) is 8.39. The molecule has 2 rings (SSSR count). The zero-order chi connectivity index (χ0) is 13.3. The Morgan fingerprint density at radius 1 is 1.22 bits per heavy atom. The van der Waals surface area contributed by atoms with Gasteiger partial charge in [-0.15, -0.1) is 0 Å². The van der Waals surface area contributed by atoms with Crippen LogP contribution in [0.1, 0.15) is 28.4 Å². The Kier molecular flexibility index (Phi) is 3.45. The van der Waals surface area contributed by atoms with E-state index in [1.54, 1.807) is 18.4 Å². The standard InChI is InChI=1S/C13H11F3OS/c1-8-6-10(13(14,15)16)2-3-11(8)12(17)9-4-5-18-7-9/h2-7,12,17H,1H3. The highest BCUT2D eigenvalue weighted by Gasteiger charge is 2.31. The SMILES string of the molecule is Cc1cc(C(F)(F)F)ccc1C(O)c1ccsc1. The van der Waals surface area contributed by atoms with Gasteiger partial charge in [0, 0.05) is 0 Å². The zero-order valence-electron chi connectivity index (χ0n) is 9.53. The van der Waals surface area contributed by atoms with Crippen LogP contribution in [0, 0.1) is 6.92 Å². The van der Waals surface area contributed by atoms with Crippen molar-refractivity contribution in [1.29, 1.82) is 0 Å². The molecule has 1 unspecified atom stereocenters. The second-order valence-electron chi connectivity index (χ2n) is 4.03. The molecule has 96 valence electrons. The molecule has 0 aliphatic heterocycles. The van der Waals surface area contributed by atoms with Gasteiger partial charge in [-0.25, -0.2) is 0 Å². The van der Waals surface area contributed by atoms with E-state index < -0.39 is 17.8 Å². The molecule has 0 aliphatic carbocycles. The van der Waals surface area contributed by atoms with Gasteiger partial charge in [-0.2, -0.15) is 24.5 Å². The second kappa shape index (κ2) is 4.74. The summed E-state index contributed by atoms with van der Waals surface area (Å²) in [4.78, 5) is 0. The first kappa shape index (κ1) is 13.1. The molecule has 5 heteroatoms. The summed E-state index contributed by atoms with van der Waals surface area (Å²) in [6.45, 7) is 1.57. The van der Waals surface area contributed by atoms with Crippen LogP contribution in [-0.4, -0.2) is 5.11 Å². The Morgan fingerprint density at radius 3 is 2.44 bits per heavy atom. The summed E-state index contributed by atoms with van der Waals surface area (Å²) in [5.74, 6) is 0. The molecule has 0 saturated heterocycles. The Hall–Kier alpha value is -1.33. The van der Waals surface area contributed by atoms with E-state index in [9.17, 15) is 18.3 Å². The number of halogens is 3. The van der Waals surface area contributed by atoms with Crippen LogP contribution in [0.4, 0.5) is 13.2 Å². The predicted molar refractivity (Wildman–Crippen MR) is 64.6 cm³/mol. The summed E-state index contributed by atoms with van der Waals surface area (Å²) < 4.78 is 37.5. The summed E-state index contributed by atoms with van der Waals surface area (Å²) in [6.07, 6.45) is -5.23. The van der Waals surface area contributed by atoms with Crippen LogP contribution in [0.3, 0.4) is 0 Å². The fourth-order valence-electron chi connectivity index (χ4n) is 1.77. The minimum absolute atomic E-state index is 0.434. The van der Waals surface area contributed by atoms with Gasteiger partial charge in [0.1, 0.15) is 6.10 Å². The summed E-state index contributed by atoms with van der Waals surface area (Å²) >= 11 is 1.44. The molecule has 18 heavy (non-hydrogen) atoms. The number of aliphatic hydroxyl groups is 1. The number of alkyl halides is 3. The molecule has 1 aromatic carbocycles. The van der Waals surface area contributed by atoms with Crippen molar-refractivity contribution in [2.24, 2.45) is 0 Å². The minimum atomic E-state index is -4.35. The van der Waals surface area contributed by atoms with Crippen molar-refractivity contribution in [3.8, 4) is 0 Å². The number of thiophene rings is 1. The molecule has 0 fully saturated rings. The minimum Gasteiger partial charge on any atom is -0.384 e.